The lowest BCUT2D eigenvalue weighted by molar-refractivity contribution is 0.168. The standard InChI is InChI=1S/C20H27BO6S/c1-2-3-14(10-15-4-7-17(23)8-5-15)6-9-18-20-16(12-22)13-28(25,26)19(20)11-21(24)27-18/h4-5,7-8,10,18-19,22-24H,2-3,6,9,11-13H2,1H3/b14-10+/t18-,19+/m1/s1. The molecular weight excluding hydrogens is 379 g/mol. The SMILES string of the molecule is CCC/C(=C\c1ccc(O)cc1)CC[C@H]1OB(O)C[C@H]2C1=C(CO)CS2(=O)=O. The average molecular weight is 406 g/mol. The quantitative estimate of drug-likeness (QED) is 0.474. The number of aliphatic hydroxyl groups is 1. The second kappa shape index (κ2) is 8.82. The molecule has 1 saturated heterocycles. The van der Waals surface area contributed by atoms with E-state index in [-0.39, 0.29) is 24.4 Å². The molecule has 1 aromatic rings. The Balaban J connectivity index is 1.79. The van der Waals surface area contributed by atoms with Crippen molar-refractivity contribution in [2.24, 2.45) is 0 Å². The summed E-state index contributed by atoms with van der Waals surface area (Å²) >= 11 is 0. The predicted octanol–water partition coefficient (Wildman–Crippen LogP) is 2.32. The van der Waals surface area contributed by atoms with E-state index in [1.54, 1.807) is 12.1 Å². The van der Waals surface area contributed by atoms with Crippen LogP contribution in [0.5, 0.6) is 5.75 Å². The van der Waals surface area contributed by atoms with Gasteiger partial charge in [0, 0.05) is 6.32 Å². The Labute approximate surface area is 166 Å². The van der Waals surface area contributed by atoms with E-state index in [1.807, 2.05) is 12.1 Å². The Morgan fingerprint density at radius 1 is 1.29 bits per heavy atom. The maximum Gasteiger partial charge on any atom is 0.456 e. The first-order valence-corrected chi connectivity index (χ1v) is 11.4. The van der Waals surface area contributed by atoms with E-state index in [1.165, 1.54) is 5.57 Å². The van der Waals surface area contributed by atoms with Gasteiger partial charge < -0.3 is 19.9 Å². The second-order valence-corrected chi connectivity index (χ2v) is 9.69. The van der Waals surface area contributed by atoms with E-state index in [0.717, 1.165) is 18.4 Å². The summed E-state index contributed by atoms with van der Waals surface area (Å²) in [6.45, 7) is 1.80. The van der Waals surface area contributed by atoms with Crippen LogP contribution in [0.3, 0.4) is 0 Å². The number of phenolic OH excluding ortho intramolecular Hbond substituents is 1. The largest absolute Gasteiger partial charge is 0.508 e. The molecule has 8 heteroatoms. The van der Waals surface area contributed by atoms with Crippen LogP contribution in [0.25, 0.3) is 6.08 Å². The molecule has 0 radical (unpaired) electrons. The summed E-state index contributed by atoms with van der Waals surface area (Å²) < 4.78 is 30.5. The first-order chi connectivity index (χ1) is 13.3. The molecule has 1 fully saturated rings. The van der Waals surface area contributed by atoms with Crippen LogP contribution < -0.4 is 0 Å². The van der Waals surface area contributed by atoms with Crippen molar-refractivity contribution >= 4 is 23.0 Å². The number of allylic oxidation sites excluding steroid dienone is 1. The lowest BCUT2D eigenvalue weighted by Crippen LogP contribution is -2.42. The second-order valence-electron chi connectivity index (χ2n) is 7.51. The van der Waals surface area contributed by atoms with E-state index >= 15 is 0 Å². The van der Waals surface area contributed by atoms with Crippen molar-refractivity contribution in [1.29, 1.82) is 0 Å². The van der Waals surface area contributed by atoms with E-state index in [9.17, 15) is 23.7 Å². The zero-order chi connectivity index (χ0) is 20.3. The number of aromatic hydroxyl groups is 1. The minimum Gasteiger partial charge on any atom is -0.508 e. The molecule has 2 aliphatic heterocycles. The van der Waals surface area contributed by atoms with Crippen LogP contribution in [-0.2, 0) is 14.5 Å². The lowest BCUT2D eigenvalue weighted by Gasteiger charge is -2.32. The van der Waals surface area contributed by atoms with Crippen LogP contribution in [0, 0.1) is 0 Å². The summed E-state index contributed by atoms with van der Waals surface area (Å²) in [4.78, 5) is 0. The first kappa shape index (κ1) is 21.1. The molecule has 3 N–H and O–H groups in total. The van der Waals surface area contributed by atoms with Gasteiger partial charge >= 0.3 is 7.12 Å². The highest BCUT2D eigenvalue weighted by Crippen LogP contribution is 2.39. The number of aliphatic hydroxyl groups excluding tert-OH is 1. The van der Waals surface area contributed by atoms with Gasteiger partial charge in [-0.2, -0.15) is 0 Å². The molecule has 3 rings (SSSR count). The number of hydrogen-bond donors (Lipinski definition) is 3. The number of benzene rings is 1. The zero-order valence-corrected chi connectivity index (χ0v) is 16.9. The average Bonchev–Trinajstić information content (AvgIpc) is 2.92. The van der Waals surface area contributed by atoms with Crippen LogP contribution in [-0.4, -0.2) is 54.5 Å². The fraction of sp³-hybridized carbons (Fsp3) is 0.500. The Kier molecular flexibility index (Phi) is 6.65. The Hall–Kier alpha value is -1.61. The normalized spacial score (nSPS) is 24.5. The molecule has 2 atom stereocenters. The van der Waals surface area contributed by atoms with Crippen molar-refractivity contribution in [3.05, 3.63) is 46.5 Å². The maximum atomic E-state index is 12.4. The third-order valence-corrected chi connectivity index (χ3v) is 7.47. The minimum atomic E-state index is -3.39. The number of rotatable bonds is 7. The molecule has 0 aromatic heterocycles. The molecule has 0 unspecified atom stereocenters. The molecule has 0 aliphatic carbocycles. The summed E-state index contributed by atoms with van der Waals surface area (Å²) in [7, 11) is -4.50. The molecule has 0 spiro atoms. The van der Waals surface area contributed by atoms with Gasteiger partial charge in [0.05, 0.1) is 23.7 Å². The fourth-order valence-electron chi connectivity index (χ4n) is 4.13. The number of fused-ring (bicyclic) bond motifs is 1. The van der Waals surface area contributed by atoms with Crippen molar-refractivity contribution in [1.82, 2.24) is 0 Å². The number of hydrogen-bond acceptors (Lipinski definition) is 6. The van der Waals surface area contributed by atoms with Crippen LogP contribution in [0.1, 0.15) is 38.2 Å². The molecule has 0 bridgehead atoms. The monoisotopic (exact) mass is 406 g/mol. The number of sulfone groups is 1. The van der Waals surface area contributed by atoms with Crippen LogP contribution >= 0.6 is 0 Å². The summed E-state index contributed by atoms with van der Waals surface area (Å²) in [5, 5.41) is 28.3. The highest BCUT2D eigenvalue weighted by molar-refractivity contribution is 7.92. The molecule has 0 saturated carbocycles. The van der Waals surface area contributed by atoms with E-state index in [4.69, 9.17) is 4.65 Å². The van der Waals surface area contributed by atoms with Gasteiger partial charge in [-0.05, 0) is 48.1 Å². The Morgan fingerprint density at radius 3 is 2.64 bits per heavy atom. The number of phenols is 1. The van der Waals surface area contributed by atoms with Gasteiger partial charge in [-0.3, -0.25) is 0 Å². The van der Waals surface area contributed by atoms with Gasteiger partial charge in [-0.1, -0.05) is 37.1 Å². The third kappa shape index (κ3) is 4.68. The zero-order valence-electron chi connectivity index (χ0n) is 16.0. The van der Waals surface area contributed by atoms with Crippen molar-refractivity contribution < 1.29 is 28.3 Å². The van der Waals surface area contributed by atoms with Crippen LogP contribution in [0.15, 0.2) is 41.0 Å². The molecule has 28 heavy (non-hydrogen) atoms. The van der Waals surface area contributed by atoms with Crippen molar-refractivity contribution in [2.75, 3.05) is 12.4 Å². The topological polar surface area (TPSA) is 104 Å². The highest BCUT2D eigenvalue weighted by Gasteiger charge is 2.48. The third-order valence-electron chi connectivity index (χ3n) is 5.40. The maximum absolute atomic E-state index is 12.4. The van der Waals surface area contributed by atoms with Crippen molar-refractivity contribution in [3.8, 4) is 5.75 Å². The summed E-state index contributed by atoms with van der Waals surface area (Å²) in [5.41, 5.74) is 3.34. The summed E-state index contributed by atoms with van der Waals surface area (Å²) in [6, 6.07) is 6.97. The van der Waals surface area contributed by atoms with Crippen LogP contribution in [0.2, 0.25) is 6.32 Å². The summed E-state index contributed by atoms with van der Waals surface area (Å²) in [5.74, 6) is 0.0667. The van der Waals surface area contributed by atoms with Gasteiger partial charge in [0.1, 0.15) is 5.75 Å². The smallest absolute Gasteiger partial charge is 0.456 e. The van der Waals surface area contributed by atoms with E-state index in [0.29, 0.717) is 24.0 Å². The Bertz CT molecular complexity index is 859. The minimum absolute atomic E-state index is 0.0306. The molecule has 2 heterocycles. The highest BCUT2D eigenvalue weighted by atomic mass is 32.2. The molecule has 0 amide bonds. The first-order valence-electron chi connectivity index (χ1n) is 9.70. The fourth-order valence-corrected chi connectivity index (χ4v) is 6.24. The molecular formula is C20H27BO6S. The van der Waals surface area contributed by atoms with Gasteiger partial charge in [-0.15, -0.1) is 0 Å². The van der Waals surface area contributed by atoms with Gasteiger partial charge in [0.15, 0.2) is 9.84 Å². The lowest BCUT2D eigenvalue weighted by atomic mass is 9.74. The van der Waals surface area contributed by atoms with Crippen LogP contribution in [0.4, 0.5) is 0 Å². The predicted molar refractivity (Wildman–Crippen MR) is 110 cm³/mol. The van der Waals surface area contributed by atoms with Gasteiger partial charge in [-0.25, -0.2) is 8.42 Å². The van der Waals surface area contributed by atoms with Gasteiger partial charge in [0.25, 0.3) is 0 Å². The molecule has 2 aliphatic rings. The van der Waals surface area contributed by atoms with Gasteiger partial charge in [0.2, 0.25) is 0 Å². The van der Waals surface area contributed by atoms with Crippen molar-refractivity contribution in [2.45, 2.75) is 50.3 Å². The molecule has 152 valence electrons. The van der Waals surface area contributed by atoms with Crippen molar-refractivity contribution in [3.63, 3.8) is 0 Å². The molecule has 6 nitrogen and oxygen atoms in total. The summed E-state index contributed by atoms with van der Waals surface area (Å²) in [6.07, 6.45) is 4.71. The van der Waals surface area contributed by atoms with E-state index < -0.39 is 28.3 Å². The van der Waals surface area contributed by atoms with E-state index in [2.05, 4.69) is 13.0 Å². The molecule has 1 aromatic carbocycles. The Morgan fingerprint density at radius 2 is 2.00 bits per heavy atom.